The summed E-state index contributed by atoms with van der Waals surface area (Å²) in [6.07, 6.45) is 3.46. The maximum Gasteiger partial charge on any atom is 0.332 e. The largest absolute Gasteiger partial charge is 0.332 e. The van der Waals surface area contributed by atoms with Crippen LogP contribution in [-0.4, -0.2) is 24.6 Å². The first-order chi connectivity index (χ1) is 14.0. The fourth-order valence-corrected chi connectivity index (χ4v) is 4.22. The number of carbonyl (C=O) groups excluding carboxylic acids is 1. The highest BCUT2D eigenvalue weighted by atomic mass is 16.2. The Kier molecular flexibility index (Phi) is 3.70. The average molecular weight is 389 g/mol. The predicted octanol–water partition coefficient (Wildman–Crippen LogP) is 1.32. The van der Waals surface area contributed by atoms with Crippen LogP contribution in [0.15, 0.2) is 46.2 Å². The van der Waals surface area contributed by atoms with Crippen molar-refractivity contribution in [3.63, 3.8) is 0 Å². The van der Waals surface area contributed by atoms with E-state index in [9.17, 15) is 14.4 Å². The van der Waals surface area contributed by atoms with Crippen molar-refractivity contribution in [3.05, 3.63) is 68.6 Å². The van der Waals surface area contributed by atoms with Crippen molar-refractivity contribution in [2.45, 2.75) is 19.4 Å². The number of anilines is 1. The zero-order chi connectivity index (χ0) is 20.3. The zero-order valence-corrected chi connectivity index (χ0v) is 16.1. The van der Waals surface area contributed by atoms with E-state index in [0.717, 1.165) is 28.5 Å². The molecule has 2 heterocycles. The van der Waals surface area contributed by atoms with E-state index in [1.165, 1.54) is 39.0 Å². The average Bonchev–Trinajstić information content (AvgIpc) is 3.32. The lowest BCUT2D eigenvalue weighted by Gasteiger charge is -2.11. The van der Waals surface area contributed by atoms with Crippen molar-refractivity contribution in [1.82, 2.24) is 18.7 Å². The van der Waals surface area contributed by atoms with E-state index in [-0.39, 0.29) is 23.6 Å². The molecule has 0 aliphatic heterocycles. The predicted molar refractivity (Wildman–Crippen MR) is 110 cm³/mol. The molecule has 1 aliphatic rings. The van der Waals surface area contributed by atoms with E-state index in [1.54, 1.807) is 7.05 Å². The van der Waals surface area contributed by atoms with E-state index >= 15 is 0 Å². The standard InChI is InChI=1S/C21H19N5O3/c1-24-19-18(20(28)25(2)21(24)29)26(11-22-19)10-16(27)23-15-9-8-13-7-6-12-4-3-5-14(15)17(12)13/h3-5,8-9,11H,6-7,10H2,1-2H3,(H,23,27). The Balaban J connectivity index is 1.51. The van der Waals surface area contributed by atoms with Crippen LogP contribution in [0.3, 0.4) is 0 Å². The van der Waals surface area contributed by atoms with Gasteiger partial charge in [0.2, 0.25) is 5.91 Å². The molecule has 2 aromatic carbocycles. The quantitative estimate of drug-likeness (QED) is 0.572. The van der Waals surface area contributed by atoms with Gasteiger partial charge in [0.1, 0.15) is 6.54 Å². The molecule has 0 unspecified atom stereocenters. The molecular formula is C21H19N5O3. The van der Waals surface area contributed by atoms with Gasteiger partial charge in [-0.05, 0) is 35.4 Å². The van der Waals surface area contributed by atoms with Gasteiger partial charge in [0.25, 0.3) is 5.56 Å². The molecule has 0 saturated carbocycles. The Morgan fingerprint density at radius 1 is 1.07 bits per heavy atom. The van der Waals surface area contributed by atoms with Gasteiger partial charge < -0.3 is 9.88 Å². The molecule has 0 bridgehead atoms. The normalized spacial score (nSPS) is 12.8. The second kappa shape index (κ2) is 6.16. The fraction of sp³-hybridized carbons (Fsp3) is 0.238. The minimum absolute atomic E-state index is 0.0765. The highest BCUT2D eigenvalue weighted by molar-refractivity contribution is 6.05. The first-order valence-corrected chi connectivity index (χ1v) is 9.40. The summed E-state index contributed by atoms with van der Waals surface area (Å²) in [7, 11) is 2.96. The van der Waals surface area contributed by atoms with Crippen LogP contribution in [-0.2, 0) is 38.3 Å². The van der Waals surface area contributed by atoms with Crippen molar-refractivity contribution in [2.75, 3.05) is 5.32 Å². The van der Waals surface area contributed by atoms with Gasteiger partial charge in [-0.3, -0.25) is 18.7 Å². The van der Waals surface area contributed by atoms with Crippen LogP contribution in [0, 0.1) is 0 Å². The molecule has 29 heavy (non-hydrogen) atoms. The lowest BCUT2D eigenvalue weighted by Crippen LogP contribution is -2.37. The zero-order valence-electron chi connectivity index (χ0n) is 16.1. The third kappa shape index (κ3) is 2.52. The molecule has 1 N–H and O–H groups in total. The van der Waals surface area contributed by atoms with E-state index in [4.69, 9.17) is 0 Å². The molecule has 2 aromatic heterocycles. The summed E-state index contributed by atoms with van der Waals surface area (Å²) >= 11 is 0. The fourth-order valence-electron chi connectivity index (χ4n) is 4.22. The minimum Gasteiger partial charge on any atom is -0.324 e. The summed E-state index contributed by atoms with van der Waals surface area (Å²) in [4.78, 5) is 41.5. The SMILES string of the molecule is Cn1c(=O)c2c(ncn2CC(=O)Nc2ccc3c4c(cccc24)CC3)n(C)c1=O. The third-order valence-corrected chi connectivity index (χ3v) is 5.68. The smallest absolute Gasteiger partial charge is 0.324 e. The summed E-state index contributed by atoms with van der Waals surface area (Å²) in [5.41, 5.74) is 2.92. The summed E-state index contributed by atoms with van der Waals surface area (Å²) in [6.45, 7) is -0.0765. The molecule has 0 radical (unpaired) electrons. The number of hydrogen-bond acceptors (Lipinski definition) is 4. The number of hydrogen-bond donors (Lipinski definition) is 1. The lowest BCUT2D eigenvalue weighted by atomic mass is 10.0. The van der Waals surface area contributed by atoms with Gasteiger partial charge in [-0.1, -0.05) is 24.3 Å². The highest BCUT2D eigenvalue weighted by Crippen LogP contribution is 2.34. The summed E-state index contributed by atoms with van der Waals surface area (Å²) in [5, 5.41) is 5.22. The van der Waals surface area contributed by atoms with Crippen LogP contribution in [0.25, 0.3) is 21.9 Å². The number of fused-ring (bicyclic) bond motifs is 1. The Hall–Kier alpha value is -3.68. The van der Waals surface area contributed by atoms with E-state index < -0.39 is 11.2 Å². The molecule has 0 saturated heterocycles. The lowest BCUT2D eigenvalue weighted by molar-refractivity contribution is -0.116. The number of aryl methyl sites for hydroxylation is 3. The van der Waals surface area contributed by atoms with E-state index in [2.05, 4.69) is 22.4 Å². The van der Waals surface area contributed by atoms with Crippen molar-refractivity contribution in [2.24, 2.45) is 14.1 Å². The summed E-state index contributed by atoms with van der Waals surface area (Å²) < 4.78 is 3.79. The Morgan fingerprint density at radius 2 is 1.83 bits per heavy atom. The van der Waals surface area contributed by atoms with Crippen molar-refractivity contribution < 1.29 is 4.79 Å². The van der Waals surface area contributed by atoms with Gasteiger partial charge in [-0.15, -0.1) is 0 Å². The van der Waals surface area contributed by atoms with Gasteiger partial charge in [-0.2, -0.15) is 0 Å². The van der Waals surface area contributed by atoms with Gasteiger partial charge >= 0.3 is 5.69 Å². The number of nitrogens with zero attached hydrogens (tertiary/aromatic N) is 4. The van der Waals surface area contributed by atoms with Gasteiger partial charge in [0, 0.05) is 25.2 Å². The van der Waals surface area contributed by atoms with Crippen molar-refractivity contribution in [3.8, 4) is 0 Å². The van der Waals surface area contributed by atoms with Crippen molar-refractivity contribution >= 4 is 33.5 Å². The second-order valence-corrected chi connectivity index (χ2v) is 7.41. The monoisotopic (exact) mass is 389 g/mol. The minimum atomic E-state index is -0.473. The molecule has 0 fully saturated rings. The Bertz CT molecular complexity index is 1430. The van der Waals surface area contributed by atoms with Crippen LogP contribution in [0.4, 0.5) is 5.69 Å². The Labute approximate surface area is 165 Å². The molecule has 1 amide bonds. The van der Waals surface area contributed by atoms with Crippen LogP contribution >= 0.6 is 0 Å². The molecule has 146 valence electrons. The van der Waals surface area contributed by atoms with Crippen LogP contribution in [0.1, 0.15) is 11.1 Å². The number of benzene rings is 2. The van der Waals surface area contributed by atoms with Gasteiger partial charge in [-0.25, -0.2) is 9.78 Å². The third-order valence-electron chi connectivity index (χ3n) is 5.68. The molecule has 1 aliphatic carbocycles. The molecule has 5 rings (SSSR count). The Morgan fingerprint density at radius 3 is 2.62 bits per heavy atom. The first-order valence-electron chi connectivity index (χ1n) is 9.40. The van der Waals surface area contributed by atoms with Crippen molar-refractivity contribution in [1.29, 1.82) is 0 Å². The first kappa shape index (κ1) is 17.4. The number of carbonyl (C=O) groups is 1. The van der Waals surface area contributed by atoms with Gasteiger partial charge in [0.05, 0.1) is 6.33 Å². The topological polar surface area (TPSA) is 90.9 Å². The summed E-state index contributed by atoms with van der Waals surface area (Å²) in [5.74, 6) is -0.265. The molecule has 8 nitrogen and oxygen atoms in total. The molecule has 8 heteroatoms. The van der Waals surface area contributed by atoms with Crippen LogP contribution < -0.4 is 16.6 Å². The maximum atomic E-state index is 12.8. The second-order valence-electron chi connectivity index (χ2n) is 7.41. The van der Waals surface area contributed by atoms with Crippen LogP contribution in [0.5, 0.6) is 0 Å². The van der Waals surface area contributed by atoms with Gasteiger partial charge in [0.15, 0.2) is 11.2 Å². The molecule has 0 spiro atoms. The number of nitrogens with one attached hydrogen (secondary N) is 1. The maximum absolute atomic E-state index is 12.8. The number of rotatable bonds is 3. The summed E-state index contributed by atoms with van der Waals surface area (Å²) in [6, 6.07) is 10.1. The number of imidazole rings is 1. The molecular weight excluding hydrogens is 370 g/mol. The molecule has 4 aromatic rings. The highest BCUT2D eigenvalue weighted by Gasteiger charge is 2.18. The molecule has 0 atom stereocenters. The van der Waals surface area contributed by atoms with Crippen LogP contribution in [0.2, 0.25) is 0 Å². The van der Waals surface area contributed by atoms with E-state index in [1.807, 2.05) is 18.2 Å². The number of aromatic nitrogens is 4. The number of amides is 1. The van der Waals surface area contributed by atoms with E-state index in [0.29, 0.717) is 0 Å².